The summed E-state index contributed by atoms with van der Waals surface area (Å²) >= 11 is 10.2. The van der Waals surface area contributed by atoms with Gasteiger partial charge in [-0.05, 0) is 45.8 Å². The summed E-state index contributed by atoms with van der Waals surface area (Å²) in [6, 6.07) is 6.90. The van der Waals surface area contributed by atoms with Gasteiger partial charge in [0.15, 0.2) is 0 Å². The van der Waals surface area contributed by atoms with Crippen molar-refractivity contribution in [3.63, 3.8) is 0 Å². The Morgan fingerprint density at radius 2 is 2.20 bits per heavy atom. The first-order valence-corrected chi connectivity index (χ1v) is 7.62. The largest absolute Gasteiger partial charge is 0.394 e. The second-order valence-electron chi connectivity index (χ2n) is 3.99. The molecule has 7 heteroatoms. The Morgan fingerprint density at radius 1 is 1.45 bits per heavy atom. The third-order valence-corrected chi connectivity index (χ3v) is 4.56. The lowest BCUT2D eigenvalue weighted by atomic mass is 10.1. The summed E-state index contributed by atoms with van der Waals surface area (Å²) in [4.78, 5) is 12.5. The predicted molar refractivity (Wildman–Crippen MR) is 80.7 cm³/mol. The molecule has 20 heavy (non-hydrogen) atoms. The fourth-order valence-corrected chi connectivity index (χ4v) is 3.04. The van der Waals surface area contributed by atoms with Gasteiger partial charge in [-0.2, -0.15) is 0 Å². The molecule has 3 nitrogen and oxygen atoms in total. The quantitative estimate of drug-likeness (QED) is 0.851. The molecule has 2 aromatic rings. The highest BCUT2D eigenvalue weighted by molar-refractivity contribution is 9.11. The van der Waals surface area contributed by atoms with Crippen molar-refractivity contribution in [1.82, 2.24) is 5.32 Å². The van der Waals surface area contributed by atoms with Crippen LogP contribution in [0.5, 0.6) is 0 Å². The molecule has 2 N–H and O–H groups in total. The maximum Gasteiger partial charge on any atom is 0.261 e. The van der Waals surface area contributed by atoms with Crippen LogP contribution in [0, 0.1) is 5.82 Å². The SMILES string of the molecule is O=C(NC(CO)c1ccc(Cl)c(F)c1)c1ccc(Br)s1. The van der Waals surface area contributed by atoms with Crippen molar-refractivity contribution in [3.8, 4) is 0 Å². The average Bonchev–Trinajstić information content (AvgIpc) is 2.86. The number of thiophene rings is 1. The van der Waals surface area contributed by atoms with Gasteiger partial charge >= 0.3 is 0 Å². The van der Waals surface area contributed by atoms with E-state index in [1.165, 1.54) is 23.5 Å². The molecule has 1 aromatic carbocycles. The molecule has 0 saturated heterocycles. The lowest BCUT2D eigenvalue weighted by Gasteiger charge is -2.16. The zero-order chi connectivity index (χ0) is 14.7. The minimum absolute atomic E-state index is 0.000969. The molecule has 0 aliphatic rings. The number of aliphatic hydroxyl groups is 1. The van der Waals surface area contributed by atoms with Gasteiger partial charge in [0, 0.05) is 0 Å². The maximum atomic E-state index is 13.4. The molecule has 1 unspecified atom stereocenters. The Balaban J connectivity index is 2.16. The molecule has 1 heterocycles. The number of amides is 1. The first-order valence-electron chi connectivity index (χ1n) is 5.63. The number of nitrogens with one attached hydrogen (secondary N) is 1. The van der Waals surface area contributed by atoms with Crippen molar-refractivity contribution in [2.45, 2.75) is 6.04 Å². The standard InChI is InChI=1S/C13H10BrClFNO2S/c14-12-4-3-11(20-12)13(19)17-10(6-18)7-1-2-8(15)9(16)5-7/h1-5,10,18H,6H2,(H,17,19). The Morgan fingerprint density at radius 3 is 2.75 bits per heavy atom. The number of carbonyl (C=O) groups excluding carboxylic acids is 1. The highest BCUT2D eigenvalue weighted by Crippen LogP contribution is 2.24. The minimum atomic E-state index is -0.685. The fraction of sp³-hybridized carbons (Fsp3) is 0.154. The first-order chi connectivity index (χ1) is 9.51. The van der Waals surface area contributed by atoms with Crippen molar-refractivity contribution >= 4 is 44.8 Å². The van der Waals surface area contributed by atoms with E-state index >= 15 is 0 Å². The maximum absolute atomic E-state index is 13.4. The van der Waals surface area contributed by atoms with E-state index < -0.39 is 11.9 Å². The van der Waals surface area contributed by atoms with Crippen LogP contribution >= 0.6 is 38.9 Å². The Kier molecular flexibility index (Phi) is 5.15. The fourth-order valence-electron chi connectivity index (χ4n) is 1.63. The topological polar surface area (TPSA) is 49.3 Å². The molecule has 0 radical (unpaired) electrons. The van der Waals surface area contributed by atoms with Crippen LogP contribution in [-0.2, 0) is 0 Å². The first kappa shape index (κ1) is 15.4. The van der Waals surface area contributed by atoms with E-state index in [1.807, 2.05) is 0 Å². The van der Waals surface area contributed by atoms with E-state index in [2.05, 4.69) is 21.2 Å². The zero-order valence-electron chi connectivity index (χ0n) is 10.1. The monoisotopic (exact) mass is 377 g/mol. The number of carbonyl (C=O) groups is 1. The molecule has 0 bridgehead atoms. The van der Waals surface area contributed by atoms with Crippen molar-refractivity contribution in [2.24, 2.45) is 0 Å². The summed E-state index contributed by atoms with van der Waals surface area (Å²) in [7, 11) is 0. The van der Waals surface area contributed by atoms with Gasteiger partial charge in [-0.3, -0.25) is 4.79 Å². The molecule has 1 amide bonds. The Bertz CT molecular complexity index is 635. The van der Waals surface area contributed by atoms with E-state index in [9.17, 15) is 14.3 Å². The van der Waals surface area contributed by atoms with Crippen LogP contribution in [0.15, 0.2) is 34.1 Å². The third-order valence-electron chi connectivity index (χ3n) is 2.63. The molecule has 0 spiro atoms. The van der Waals surface area contributed by atoms with Crippen LogP contribution in [-0.4, -0.2) is 17.6 Å². The number of hydrogen-bond donors (Lipinski definition) is 2. The molecular formula is C13H10BrClFNO2S. The number of rotatable bonds is 4. The van der Waals surface area contributed by atoms with Crippen molar-refractivity contribution in [3.05, 3.63) is 55.4 Å². The average molecular weight is 379 g/mol. The normalized spacial score (nSPS) is 12.2. The summed E-state index contributed by atoms with van der Waals surface area (Å²) in [6.45, 7) is -0.334. The van der Waals surface area contributed by atoms with Gasteiger partial charge in [-0.15, -0.1) is 11.3 Å². The molecule has 0 fully saturated rings. The second-order valence-corrected chi connectivity index (χ2v) is 6.86. The van der Waals surface area contributed by atoms with Crippen molar-refractivity contribution < 1.29 is 14.3 Å². The zero-order valence-corrected chi connectivity index (χ0v) is 13.2. The van der Waals surface area contributed by atoms with Gasteiger partial charge in [-0.1, -0.05) is 17.7 Å². The van der Waals surface area contributed by atoms with Crippen LogP contribution in [0.2, 0.25) is 5.02 Å². The number of hydrogen-bond acceptors (Lipinski definition) is 3. The summed E-state index contributed by atoms with van der Waals surface area (Å²) in [5.41, 5.74) is 0.457. The second kappa shape index (κ2) is 6.67. The molecular weight excluding hydrogens is 369 g/mol. The molecule has 1 aromatic heterocycles. The Labute approximate surface area is 132 Å². The van der Waals surface area contributed by atoms with Gasteiger partial charge in [0.1, 0.15) is 5.82 Å². The van der Waals surface area contributed by atoms with Gasteiger partial charge in [0.25, 0.3) is 5.91 Å². The third kappa shape index (κ3) is 3.58. The molecule has 1 atom stereocenters. The van der Waals surface area contributed by atoms with Crippen LogP contribution in [0.4, 0.5) is 4.39 Å². The van der Waals surface area contributed by atoms with E-state index in [0.717, 1.165) is 3.79 Å². The summed E-state index contributed by atoms with van der Waals surface area (Å²) in [5, 5.41) is 12.0. The summed E-state index contributed by atoms with van der Waals surface area (Å²) < 4.78 is 14.2. The van der Waals surface area contributed by atoms with E-state index in [0.29, 0.717) is 10.4 Å². The highest BCUT2D eigenvalue weighted by Gasteiger charge is 2.17. The van der Waals surface area contributed by atoms with Gasteiger partial charge in [0.05, 0.1) is 26.3 Å². The minimum Gasteiger partial charge on any atom is -0.394 e. The van der Waals surface area contributed by atoms with Crippen LogP contribution in [0.25, 0.3) is 0 Å². The predicted octanol–water partition coefficient (Wildman–Crippen LogP) is 3.77. The van der Waals surface area contributed by atoms with E-state index in [4.69, 9.17) is 11.6 Å². The van der Waals surface area contributed by atoms with Crippen molar-refractivity contribution in [1.29, 1.82) is 0 Å². The number of aliphatic hydroxyl groups excluding tert-OH is 1. The van der Waals surface area contributed by atoms with Gasteiger partial charge < -0.3 is 10.4 Å². The van der Waals surface area contributed by atoms with Crippen molar-refractivity contribution in [2.75, 3.05) is 6.61 Å². The number of halogens is 3. The highest BCUT2D eigenvalue weighted by atomic mass is 79.9. The van der Waals surface area contributed by atoms with Crippen LogP contribution in [0.3, 0.4) is 0 Å². The lowest BCUT2D eigenvalue weighted by molar-refractivity contribution is 0.0920. The smallest absolute Gasteiger partial charge is 0.261 e. The van der Waals surface area contributed by atoms with E-state index in [1.54, 1.807) is 18.2 Å². The van der Waals surface area contributed by atoms with Crippen LogP contribution in [0.1, 0.15) is 21.3 Å². The molecule has 0 saturated carbocycles. The van der Waals surface area contributed by atoms with Gasteiger partial charge in [-0.25, -0.2) is 4.39 Å². The van der Waals surface area contributed by atoms with E-state index in [-0.39, 0.29) is 17.5 Å². The molecule has 2 rings (SSSR count). The molecule has 0 aliphatic carbocycles. The molecule has 0 aliphatic heterocycles. The summed E-state index contributed by atoms with van der Waals surface area (Å²) in [6.07, 6.45) is 0. The Hall–Kier alpha value is -0.950. The lowest BCUT2D eigenvalue weighted by Crippen LogP contribution is -2.30. The van der Waals surface area contributed by atoms with Crippen LogP contribution < -0.4 is 5.32 Å². The summed E-state index contributed by atoms with van der Waals surface area (Å²) in [5.74, 6) is -0.911. The number of benzene rings is 1. The molecule has 106 valence electrons. The van der Waals surface area contributed by atoms with Gasteiger partial charge in [0.2, 0.25) is 0 Å².